The summed E-state index contributed by atoms with van der Waals surface area (Å²) in [6.45, 7) is 0. The van der Waals surface area contributed by atoms with Crippen LogP contribution in [0.15, 0.2) is 18.3 Å². The molecule has 0 aliphatic rings. The molecule has 1 nitrogen and oxygen atoms in total. The molecule has 1 aromatic heterocycles. The normalized spacial score (nSPS) is 13.0. The predicted molar refractivity (Wildman–Crippen MR) is 70.2 cm³/mol. The van der Waals surface area contributed by atoms with Crippen LogP contribution in [0.1, 0.15) is 0 Å². The molecular weight excluding hydrogens is 384 g/mol. The van der Waals surface area contributed by atoms with Crippen molar-refractivity contribution in [2.45, 2.75) is 29.6 Å². The van der Waals surface area contributed by atoms with E-state index in [1.165, 1.54) is 3.71 Å². The molecule has 0 spiro atoms. The van der Waals surface area contributed by atoms with Gasteiger partial charge >= 0.3 is 97.0 Å². The van der Waals surface area contributed by atoms with Gasteiger partial charge in [-0.15, -0.1) is 0 Å². The van der Waals surface area contributed by atoms with E-state index in [0.29, 0.717) is 0 Å². The van der Waals surface area contributed by atoms with Crippen molar-refractivity contribution < 1.29 is 0 Å². The summed E-state index contributed by atoms with van der Waals surface area (Å²) >= 11 is -3.91. The Labute approximate surface area is 96.1 Å². The van der Waals surface area contributed by atoms with Crippen LogP contribution in [0.3, 0.4) is 0 Å². The maximum absolute atomic E-state index is 4.66. The summed E-state index contributed by atoms with van der Waals surface area (Å²) in [7, 11) is 0. The SMILES string of the molecule is [CH3][Sn]([CH3])([CH3])[c]1cccn[c]1[Sn]([CH3])([CH3])[CH3]. The molecule has 0 bridgehead atoms. The number of aromatic nitrogens is 1. The molecule has 1 aromatic rings. The van der Waals surface area contributed by atoms with Crippen LogP contribution in [0.25, 0.3) is 0 Å². The summed E-state index contributed by atoms with van der Waals surface area (Å²) in [5.74, 6) is 0. The van der Waals surface area contributed by atoms with Crippen LogP contribution in [-0.2, 0) is 0 Å². The van der Waals surface area contributed by atoms with Crippen molar-refractivity contribution in [1.29, 1.82) is 0 Å². The summed E-state index contributed by atoms with van der Waals surface area (Å²) in [6, 6.07) is 4.44. The fourth-order valence-electron chi connectivity index (χ4n) is 1.61. The van der Waals surface area contributed by atoms with Crippen molar-refractivity contribution in [2.24, 2.45) is 0 Å². The number of pyridine rings is 1. The van der Waals surface area contributed by atoms with Crippen LogP contribution in [0.5, 0.6) is 0 Å². The van der Waals surface area contributed by atoms with Crippen LogP contribution >= 0.6 is 0 Å². The average Bonchev–Trinajstić information content (AvgIpc) is 2.01. The predicted octanol–water partition coefficient (Wildman–Crippen LogP) is 2.17. The Morgan fingerprint density at radius 3 is 1.86 bits per heavy atom. The van der Waals surface area contributed by atoms with Gasteiger partial charge in [-0.05, 0) is 0 Å². The Morgan fingerprint density at radius 2 is 1.50 bits per heavy atom. The fraction of sp³-hybridized carbons (Fsp3) is 0.545. The Kier molecular flexibility index (Phi) is 3.95. The molecule has 1 heterocycles. The first-order chi connectivity index (χ1) is 6.23. The van der Waals surface area contributed by atoms with E-state index in [4.69, 9.17) is 0 Å². The van der Waals surface area contributed by atoms with Crippen molar-refractivity contribution in [3.8, 4) is 0 Å². The maximum atomic E-state index is 4.66. The van der Waals surface area contributed by atoms with Crippen LogP contribution in [0, 0.1) is 0 Å². The van der Waals surface area contributed by atoms with Gasteiger partial charge in [0.1, 0.15) is 0 Å². The molecule has 0 fully saturated rings. The average molecular weight is 405 g/mol. The number of rotatable bonds is 2. The van der Waals surface area contributed by atoms with Gasteiger partial charge in [0.2, 0.25) is 0 Å². The van der Waals surface area contributed by atoms with Crippen LogP contribution < -0.4 is 7.29 Å². The zero-order valence-corrected chi connectivity index (χ0v) is 15.9. The van der Waals surface area contributed by atoms with Gasteiger partial charge in [0.05, 0.1) is 0 Å². The molecule has 0 radical (unpaired) electrons. The fourth-order valence-corrected chi connectivity index (χ4v) is 23.7. The Hall–Kier alpha value is 0.747. The van der Waals surface area contributed by atoms with Gasteiger partial charge in [-0.3, -0.25) is 0 Å². The molecule has 0 aliphatic heterocycles. The first kappa shape index (κ1) is 12.8. The number of hydrogen-bond donors (Lipinski definition) is 0. The van der Waals surface area contributed by atoms with E-state index in [0.717, 1.165) is 0 Å². The minimum atomic E-state index is -1.98. The minimum absolute atomic E-state index is 1.52. The van der Waals surface area contributed by atoms with E-state index in [-0.39, 0.29) is 0 Å². The zero-order valence-electron chi connectivity index (χ0n) is 10.2. The van der Waals surface area contributed by atoms with E-state index in [1.807, 2.05) is 6.20 Å². The van der Waals surface area contributed by atoms with E-state index in [1.54, 1.807) is 3.58 Å². The van der Waals surface area contributed by atoms with Crippen molar-refractivity contribution >= 4 is 44.0 Å². The van der Waals surface area contributed by atoms with Gasteiger partial charge in [0.25, 0.3) is 0 Å². The molecule has 0 saturated heterocycles. The number of hydrogen-bond acceptors (Lipinski definition) is 1. The van der Waals surface area contributed by atoms with Gasteiger partial charge in [-0.1, -0.05) is 0 Å². The van der Waals surface area contributed by atoms with Gasteiger partial charge in [0, 0.05) is 0 Å². The Balaban J connectivity index is 3.31. The molecule has 0 saturated carbocycles. The standard InChI is InChI=1S/C5H3N.6CH3.2Sn/c1-2-4-6-5-3-1;;;;;;;;/h1-2,4H;6*1H3;;. The van der Waals surface area contributed by atoms with Crippen molar-refractivity contribution in [3.63, 3.8) is 0 Å². The molecule has 0 atom stereocenters. The van der Waals surface area contributed by atoms with Crippen LogP contribution in [0.4, 0.5) is 0 Å². The molecule has 0 amide bonds. The first-order valence-electron chi connectivity index (χ1n) is 5.19. The second-order valence-corrected chi connectivity index (χ2v) is 34.5. The molecule has 0 aliphatic carbocycles. The molecule has 3 heteroatoms. The van der Waals surface area contributed by atoms with Gasteiger partial charge in [-0.2, -0.15) is 0 Å². The van der Waals surface area contributed by atoms with Gasteiger partial charge in [0.15, 0.2) is 0 Å². The summed E-state index contributed by atoms with van der Waals surface area (Å²) < 4.78 is 3.18. The van der Waals surface area contributed by atoms with Crippen molar-refractivity contribution in [3.05, 3.63) is 18.3 Å². The zero-order chi connectivity index (χ0) is 11.0. The van der Waals surface area contributed by atoms with Gasteiger partial charge < -0.3 is 0 Å². The molecule has 0 N–H and O–H groups in total. The third-order valence-corrected chi connectivity index (χ3v) is 15.3. The molecule has 78 valence electrons. The van der Waals surface area contributed by atoms with Crippen LogP contribution in [0.2, 0.25) is 29.6 Å². The molecule has 0 aromatic carbocycles. The van der Waals surface area contributed by atoms with E-state index >= 15 is 0 Å². The molecular formula is C11H21NSn2. The summed E-state index contributed by atoms with van der Waals surface area (Å²) in [5, 5.41) is 0. The molecule has 1 rings (SSSR count). The quantitative estimate of drug-likeness (QED) is 0.689. The third-order valence-electron chi connectivity index (χ3n) is 2.33. The summed E-state index contributed by atoms with van der Waals surface area (Å²) in [4.78, 5) is 19.5. The third kappa shape index (κ3) is 3.12. The second-order valence-electron chi connectivity index (χ2n) is 5.90. The van der Waals surface area contributed by atoms with Crippen molar-refractivity contribution in [2.75, 3.05) is 0 Å². The second kappa shape index (κ2) is 4.32. The number of nitrogens with zero attached hydrogens (tertiary/aromatic N) is 1. The Bertz CT molecular complexity index is 288. The van der Waals surface area contributed by atoms with E-state index in [9.17, 15) is 0 Å². The molecule has 0 unspecified atom stereocenters. The first-order valence-corrected chi connectivity index (χ1v) is 25.2. The monoisotopic (exact) mass is 407 g/mol. The topological polar surface area (TPSA) is 12.9 Å². The summed E-state index contributed by atoms with van der Waals surface area (Å²) in [6.07, 6.45) is 1.97. The van der Waals surface area contributed by atoms with E-state index in [2.05, 4.69) is 46.8 Å². The molecule has 14 heavy (non-hydrogen) atoms. The summed E-state index contributed by atoms with van der Waals surface area (Å²) in [5.41, 5.74) is 0. The van der Waals surface area contributed by atoms with Crippen molar-refractivity contribution in [1.82, 2.24) is 4.98 Å². The van der Waals surface area contributed by atoms with E-state index < -0.39 is 36.8 Å². The van der Waals surface area contributed by atoms with Gasteiger partial charge in [-0.25, -0.2) is 0 Å². The van der Waals surface area contributed by atoms with Crippen LogP contribution in [-0.4, -0.2) is 41.7 Å². The Morgan fingerprint density at radius 1 is 0.929 bits per heavy atom.